The van der Waals surface area contributed by atoms with Crippen molar-refractivity contribution in [2.45, 2.75) is 9.79 Å². The summed E-state index contributed by atoms with van der Waals surface area (Å²) in [6, 6.07) is 8.12. The lowest BCUT2D eigenvalue weighted by Gasteiger charge is -2.07. The summed E-state index contributed by atoms with van der Waals surface area (Å²) in [5.74, 6) is -2.65. The molecule has 0 fully saturated rings. The molecule has 0 atom stereocenters. The fourth-order valence-corrected chi connectivity index (χ4v) is 3.51. The molecule has 8 heteroatoms. The van der Waals surface area contributed by atoms with Gasteiger partial charge in [0, 0.05) is 0 Å². The van der Waals surface area contributed by atoms with E-state index in [1.165, 1.54) is 12.1 Å². The third-order valence-corrected chi connectivity index (χ3v) is 5.19. The van der Waals surface area contributed by atoms with Crippen molar-refractivity contribution in [3.63, 3.8) is 0 Å². The summed E-state index contributed by atoms with van der Waals surface area (Å²) in [4.78, 5) is 33.5. The summed E-state index contributed by atoms with van der Waals surface area (Å²) in [5.41, 5.74) is -0.0495. The molecule has 1 aliphatic rings. The van der Waals surface area contributed by atoms with Crippen molar-refractivity contribution in [3.05, 3.63) is 59.2 Å². The maximum Gasteiger partial charge on any atom is 0.258 e. The summed E-state index contributed by atoms with van der Waals surface area (Å²) in [7, 11) is -3.95. The molecule has 0 aromatic heterocycles. The first-order chi connectivity index (χ1) is 10.8. The second-order valence-corrected chi connectivity index (χ2v) is 6.76. The minimum atomic E-state index is -3.95. The monoisotopic (exact) mass is 330 g/mol. The number of hydrogen-bond acceptors (Lipinski definition) is 6. The number of sulfone groups is 1. The van der Waals surface area contributed by atoms with E-state index in [4.69, 9.17) is 0 Å². The van der Waals surface area contributed by atoms with Gasteiger partial charge < -0.3 is 9.90 Å². The van der Waals surface area contributed by atoms with E-state index in [-0.39, 0.29) is 26.5 Å². The van der Waals surface area contributed by atoms with Crippen LogP contribution < -0.4 is 10.4 Å². The molecular formula is C15H8NO6S-. The molecule has 7 nitrogen and oxygen atoms in total. The zero-order chi connectivity index (χ0) is 16.8. The minimum Gasteiger partial charge on any atom is -0.545 e. The van der Waals surface area contributed by atoms with Crippen molar-refractivity contribution < 1.29 is 27.9 Å². The number of imide groups is 1. The Bertz CT molecular complexity index is 960. The Kier molecular flexibility index (Phi) is 3.26. The molecule has 1 aliphatic heterocycles. The normalized spacial score (nSPS) is 13.6. The Balaban J connectivity index is 2.07. The third kappa shape index (κ3) is 2.38. The number of rotatable bonds is 3. The summed E-state index contributed by atoms with van der Waals surface area (Å²) >= 11 is 0. The van der Waals surface area contributed by atoms with E-state index < -0.39 is 27.6 Å². The predicted molar refractivity (Wildman–Crippen MR) is 74.5 cm³/mol. The quantitative estimate of drug-likeness (QED) is 0.776. The molecular weight excluding hydrogens is 322 g/mol. The van der Waals surface area contributed by atoms with Crippen LogP contribution in [0.3, 0.4) is 0 Å². The Morgan fingerprint density at radius 1 is 0.870 bits per heavy atom. The average molecular weight is 330 g/mol. The summed E-state index contributed by atoms with van der Waals surface area (Å²) in [5, 5.41) is 12.8. The lowest BCUT2D eigenvalue weighted by molar-refractivity contribution is -0.255. The van der Waals surface area contributed by atoms with Gasteiger partial charge in [-0.2, -0.15) is 0 Å². The maximum absolute atomic E-state index is 12.5. The molecule has 3 rings (SSSR count). The molecule has 116 valence electrons. The lowest BCUT2D eigenvalue weighted by Crippen LogP contribution is -2.22. The first-order valence-electron chi connectivity index (χ1n) is 6.37. The molecule has 2 aromatic carbocycles. The van der Waals surface area contributed by atoms with Crippen LogP contribution in [0.15, 0.2) is 52.3 Å². The second kappa shape index (κ2) is 5.03. The maximum atomic E-state index is 12.5. The van der Waals surface area contributed by atoms with E-state index in [9.17, 15) is 27.9 Å². The average Bonchev–Trinajstić information content (AvgIpc) is 2.81. The molecule has 2 amide bonds. The summed E-state index contributed by atoms with van der Waals surface area (Å²) in [6.45, 7) is 0. The summed E-state index contributed by atoms with van der Waals surface area (Å²) in [6.07, 6.45) is 0. The Hall–Kier alpha value is -3.00. The van der Waals surface area contributed by atoms with Crippen LogP contribution in [0, 0.1) is 0 Å². The number of benzene rings is 2. The molecule has 0 radical (unpaired) electrons. The molecule has 0 aliphatic carbocycles. The van der Waals surface area contributed by atoms with Crippen LogP contribution in [-0.2, 0) is 9.84 Å². The smallest absolute Gasteiger partial charge is 0.258 e. The van der Waals surface area contributed by atoms with Crippen LogP contribution in [0.5, 0.6) is 0 Å². The number of carbonyl (C=O) groups is 3. The Morgan fingerprint density at radius 3 is 2.04 bits per heavy atom. The number of carbonyl (C=O) groups excluding carboxylic acids is 3. The van der Waals surface area contributed by atoms with Crippen molar-refractivity contribution in [2.24, 2.45) is 0 Å². The van der Waals surface area contributed by atoms with Crippen LogP contribution in [0.1, 0.15) is 31.1 Å². The van der Waals surface area contributed by atoms with E-state index in [2.05, 4.69) is 5.32 Å². The number of aromatic carboxylic acids is 1. The van der Waals surface area contributed by atoms with Gasteiger partial charge in [0.05, 0.1) is 26.9 Å². The van der Waals surface area contributed by atoms with Crippen molar-refractivity contribution in [2.75, 3.05) is 0 Å². The molecule has 23 heavy (non-hydrogen) atoms. The van der Waals surface area contributed by atoms with Gasteiger partial charge in [-0.3, -0.25) is 14.9 Å². The van der Waals surface area contributed by atoms with Crippen molar-refractivity contribution >= 4 is 27.6 Å². The molecule has 2 aromatic rings. The largest absolute Gasteiger partial charge is 0.545 e. The highest BCUT2D eigenvalue weighted by Gasteiger charge is 2.29. The molecule has 0 unspecified atom stereocenters. The van der Waals surface area contributed by atoms with E-state index in [1.807, 2.05) is 0 Å². The second-order valence-electron chi connectivity index (χ2n) is 4.81. The van der Waals surface area contributed by atoms with Gasteiger partial charge >= 0.3 is 0 Å². The molecule has 1 heterocycles. The van der Waals surface area contributed by atoms with Crippen molar-refractivity contribution in [3.8, 4) is 0 Å². The van der Waals surface area contributed by atoms with Gasteiger partial charge in [-0.25, -0.2) is 8.42 Å². The highest BCUT2D eigenvalue weighted by Crippen LogP contribution is 2.25. The first kappa shape index (κ1) is 14.9. The SMILES string of the molecule is O=C([O-])c1ccc(S(=O)(=O)c2ccc3c(c2)C(=O)NC3=O)cc1. The highest BCUT2D eigenvalue weighted by atomic mass is 32.2. The standard InChI is InChI=1S/C15H9NO6S/c17-13-11-6-5-10(7-12(11)14(18)16-13)23(21,22)9-3-1-8(2-4-9)15(19)20/h1-7H,(H,19,20)(H,16,17,18)/p-1. The lowest BCUT2D eigenvalue weighted by atomic mass is 10.1. The highest BCUT2D eigenvalue weighted by molar-refractivity contribution is 7.91. The molecule has 0 saturated heterocycles. The third-order valence-electron chi connectivity index (χ3n) is 3.42. The van der Waals surface area contributed by atoms with Crippen LogP contribution >= 0.6 is 0 Å². The van der Waals surface area contributed by atoms with E-state index >= 15 is 0 Å². The topological polar surface area (TPSA) is 120 Å². The van der Waals surface area contributed by atoms with Crippen molar-refractivity contribution in [1.82, 2.24) is 5.32 Å². The number of carboxylic acids is 1. The van der Waals surface area contributed by atoms with Gasteiger partial charge in [0.2, 0.25) is 9.84 Å². The van der Waals surface area contributed by atoms with Gasteiger partial charge in [-0.1, -0.05) is 12.1 Å². The minimum absolute atomic E-state index is 0.0116. The van der Waals surface area contributed by atoms with Crippen LogP contribution in [0.2, 0.25) is 0 Å². The first-order valence-corrected chi connectivity index (χ1v) is 7.85. The van der Waals surface area contributed by atoms with Crippen LogP contribution in [0.4, 0.5) is 0 Å². The van der Waals surface area contributed by atoms with E-state index in [1.54, 1.807) is 0 Å². The predicted octanol–water partition coefficient (Wildman–Crippen LogP) is -0.233. The molecule has 1 N–H and O–H groups in total. The Morgan fingerprint density at radius 2 is 1.43 bits per heavy atom. The van der Waals surface area contributed by atoms with E-state index in [0.29, 0.717) is 0 Å². The number of amides is 2. The molecule has 0 spiro atoms. The molecule has 0 bridgehead atoms. The van der Waals surface area contributed by atoms with Crippen LogP contribution in [0.25, 0.3) is 0 Å². The van der Waals surface area contributed by atoms with Gasteiger partial charge in [0.15, 0.2) is 0 Å². The van der Waals surface area contributed by atoms with Crippen molar-refractivity contribution in [1.29, 1.82) is 0 Å². The van der Waals surface area contributed by atoms with E-state index in [0.717, 1.165) is 30.3 Å². The zero-order valence-corrected chi connectivity index (χ0v) is 12.2. The number of nitrogens with one attached hydrogen (secondary N) is 1. The molecule has 0 saturated carbocycles. The fraction of sp³-hybridized carbons (Fsp3) is 0. The van der Waals surface area contributed by atoms with Gasteiger partial charge in [-0.15, -0.1) is 0 Å². The van der Waals surface area contributed by atoms with Gasteiger partial charge in [0.25, 0.3) is 11.8 Å². The summed E-state index contributed by atoms with van der Waals surface area (Å²) < 4.78 is 25.0. The zero-order valence-electron chi connectivity index (χ0n) is 11.4. The number of fused-ring (bicyclic) bond motifs is 1. The van der Waals surface area contributed by atoms with Crippen LogP contribution in [-0.4, -0.2) is 26.2 Å². The fourth-order valence-electron chi connectivity index (χ4n) is 2.22. The van der Waals surface area contributed by atoms with Gasteiger partial charge in [0.1, 0.15) is 0 Å². The van der Waals surface area contributed by atoms with Gasteiger partial charge in [-0.05, 0) is 35.9 Å². The number of carboxylic acid groups (broad SMARTS) is 1. The number of hydrogen-bond donors (Lipinski definition) is 1. The Labute approximate surface area is 130 Å².